The van der Waals surface area contributed by atoms with Crippen molar-refractivity contribution < 1.29 is 14.4 Å². The van der Waals surface area contributed by atoms with Crippen LogP contribution in [0.3, 0.4) is 0 Å². The lowest BCUT2D eigenvalue weighted by Gasteiger charge is -2.37. The van der Waals surface area contributed by atoms with Crippen LogP contribution in [-0.2, 0) is 16.1 Å². The maximum Gasteiger partial charge on any atom is 0.325 e. The van der Waals surface area contributed by atoms with E-state index in [0.717, 1.165) is 41.7 Å². The highest BCUT2D eigenvalue weighted by molar-refractivity contribution is 9.10. The van der Waals surface area contributed by atoms with Crippen LogP contribution in [0.25, 0.3) is 0 Å². The highest BCUT2D eigenvalue weighted by Gasteiger charge is 2.52. The number of amides is 4. The smallest absolute Gasteiger partial charge is 0.325 e. The summed E-state index contributed by atoms with van der Waals surface area (Å²) in [5.74, 6) is -0.0889. The third-order valence-corrected chi connectivity index (χ3v) is 7.33. The number of imide groups is 1. The summed E-state index contributed by atoms with van der Waals surface area (Å²) in [6, 6.07) is 17.3. The van der Waals surface area contributed by atoms with Crippen LogP contribution < -0.4 is 10.6 Å². The monoisotopic (exact) mass is 526 g/mol. The van der Waals surface area contributed by atoms with Gasteiger partial charge in [0.2, 0.25) is 5.91 Å². The van der Waals surface area contributed by atoms with E-state index in [4.69, 9.17) is 0 Å². The van der Waals surface area contributed by atoms with Crippen molar-refractivity contribution in [3.8, 4) is 0 Å². The van der Waals surface area contributed by atoms with E-state index in [1.807, 2.05) is 61.5 Å². The maximum absolute atomic E-state index is 13.2. The third kappa shape index (κ3) is 5.50. The van der Waals surface area contributed by atoms with E-state index in [2.05, 4.69) is 31.5 Å². The zero-order valence-corrected chi connectivity index (χ0v) is 21.0. The lowest BCUT2D eigenvalue weighted by Crippen LogP contribution is -2.55. The van der Waals surface area contributed by atoms with Crippen LogP contribution in [0.1, 0.15) is 49.8 Å². The topological polar surface area (TPSA) is 81.8 Å². The molecule has 4 rings (SSSR count). The van der Waals surface area contributed by atoms with Crippen molar-refractivity contribution in [3.05, 3.63) is 70.2 Å². The van der Waals surface area contributed by atoms with Crippen molar-refractivity contribution in [2.45, 2.75) is 50.7 Å². The summed E-state index contributed by atoms with van der Waals surface area (Å²) in [7, 11) is 0. The molecular formula is C26H31BrN4O3. The van der Waals surface area contributed by atoms with E-state index >= 15 is 0 Å². The van der Waals surface area contributed by atoms with Crippen molar-refractivity contribution in [2.75, 3.05) is 19.6 Å². The van der Waals surface area contributed by atoms with Crippen molar-refractivity contribution in [2.24, 2.45) is 0 Å². The summed E-state index contributed by atoms with van der Waals surface area (Å²) in [5.41, 5.74) is 1.21. The Labute approximate surface area is 209 Å². The van der Waals surface area contributed by atoms with E-state index in [9.17, 15) is 14.4 Å². The zero-order chi connectivity index (χ0) is 24.1. The summed E-state index contributed by atoms with van der Waals surface area (Å²) in [5, 5.41) is 6.12. The number of benzene rings is 2. The van der Waals surface area contributed by atoms with Gasteiger partial charge in [0.05, 0.1) is 12.6 Å². The second-order valence-electron chi connectivity index (χ2n) is 9.04. The molecule has 2 fully saturated rings. The highest BCUT2D eigenvalue weighted by Crippen LogP contribution is 2.31. The van der Waals surface area contributed by atoms with Crippen molar-refractivity contribution in [3.63, 3.8) is 0 Å². The highest BCUT2D eigenvalue weighted by atomic mass is 79.9. The van der Waals surface area contributed by atoms with Crippen LogP contribution in [0.5, 0.6) is 0 Å². The van der Waals surface area contributed by atoms with E-state index < -0.39 is 5.54 Å². The molecule has 0 aliphatic carbocycles. The van der Waals surface area contributed by atoms with Crippen LogP contribution in [-0.4, -0.2) is 52.8 Å². The van der Waals surface area contributed by atoms with E-state index in [1.165, 1.54) is 4.90 Å². The van der Waals surface area contributed by atoms with Gasteiger partial charge in [-0.3, -0.25) is 14.5 Å². The fraction of sp³-hybridized carbons (Fsp3) is 0.423. The predicted molar refractivity (Wildman–Crippen MR) is 134 cm³/mol. The number of urea groups is 1. The van der Waals surface area contributed by atoms with Gasteiger partial charge in [0, 0.05) is 30.5 Å². The van der Waals surface area contributed by atoms with Gasteiger partial charge in [-0.15, -0.1) is 0 Å². The zero-order valence-electron chi connectivity index (χ0n) is 19.4. The minimum Gasteiger partial charge on any atom is -0.349 e. The molecule has 2 aromatic carbocycles. The van der Waals surface area contributed by atoms with E-state index in [1.54, 1.807) is 0 Å². The Hall–Kier alpha value is -2.71. The Balaban J connectivity index is 1.34. The van der Waals surface area contributed by atoms with Crippen LogP contribution >= 0.6 is 15.9 Å². The molecule has 8 heteroatoms. The fourth-order valence-corrected chi connectivity index (χ4v) is 4.97. The average Bonchev–Trinajstić information content (AvgIpc) is 3.08. The summed E-state index contributed by atoms with van der Waals surface area (Å²) in [4.78, 5) is 41.6. The molecule has 2 saturated heterocycles. The largest absolute Gasteiger partial charge is 0.349 e. The molecule has 1 atom stereocenters. The lowest BCUT2D eigenvalue weighted by molar-refractivity contribution is -0.133. The number of piperidine rings is 1. The van der Waals surface area contributed by atoms with Crippen LogP contribution in [0.15, 0.2) is 59.1 Å². The van der Waals surface area contributed by atoms with Crippen LogP contribution in [0.4, 0.5) is 4.79 Å². The summed E-state index contributed by atoms with van der Waals surface area (Å²) in [6.07, 6.45) is 2.42. The molecule has 34 heavy (non-hydrogen) atoms. The Morgan fingerprint density at radius 2 is 1.76 bits per heavy atom. The molecule has 0 aromatic heterocycles. The Bertz CT molecular complexity index is 1020. The van der Waals surface area contributed by atoms with Gasteiger partial charge in [-0.05, 0) is 42.5 Å². The summed E-state index contributed by atoms with van der Waals surface area (Å²) < 4.78 is 0.959. The first-order valence-electron chi connectivity index (χ1n) is 11.9. The number of hydrogen-bond donors (Lipinski definition) is 2. The van der Waals surface area contributed by atoms with Gasteiger partial charge in [-0.2, -0.15) is 0 Å². The number of carbonyl (C=O) groups excluding carboxylic acids is 3. The van der Waals surface area contributed by atoms with Crippen LogP contribution in [0, 0.1) is 0 Å². The van der Waals surface area contributed by atoms with Gasteiger partial charge < -0.3 is 15.5 Å². The van der Waals surface area contributed by atoms with Crippen molar-refractivity contribution in [1.29, 1.82) is 0 Å². The SMILES string of the molecule is CCC(=O)NC(CCN1CCC2(CC1)NC(=O)N(Cc1ccc(Br)cc1)C2=O)c1ccccc1. The molecule has 1 unspecified atom stereocenters. The number of rotatable bonds is 8. The average molecular weight is 527 g/mol. The predicted octanol–water partition coefficient (Wildman–Crippen LogP) is 3.99. The number of nitrogens with zero attached hydrogens (tertiary/aromatic N) is 2. The first-order chi connectivity index (χ1) is 16.4. The third-order valence-electron chi connectivity index (χ3n) is 6.80. The van der Waals surface area contributed by atoms with Gasteiger partial charge in [-0.1, -0.05) is 65.3 Å². The fourth-order valence-electron chi connectivity index (χ4n) is 4.71. The molecule has 1 spiro atoms. The Kier molecular flexibility index (Phi) is 7.68. The first-order valence-corrected chi connectivity index (χ1v) is 12.6. The second-order valence-corrected chi connectivity index (χ2v) is 9.96. The second kappa shape index (κ2) is 10.7. The number of hydrogen-bond acceptors (Lipinski definition) is 4. The van der Waals surface area contributed by atoms with Gasteiger partial charge in [0.1, 0.15) is 5.54 Å². The molecule has 2 aliphatic heterocycles. The molecule has 2 aliphatic rings. The van der Waals surface area contributed by atoms with E-state index in [0.29, 0.717) is 19.3 Å². The number of likely N-dealkylation sites (tertiary alicyclic amines) is 1. The van der Waals surface area contributed by atoms with E-state index in [-0.39, 0.29) is 30.4 Å². The van der Waals surface area contributed by atoms with Gasteiger partial charge in [0.25, 0.3) is 5.91 Å². The number of nitrogens with one attached hydrogen (secondary N) is 2. The molecule has 0 radical (unpaired) electrons. The van der Waals surface area contributed by atoms with Gasteiger partial charge in [0.15, 0.2) is 0 Å². The minimum absolute atomic E-state index is 0.0385. The molecular weight excluding hydrogens is 496 g/mol. The summed E-state index contributed by atoms with van der Waals surface area (Å²) in [6.45, 7) is 4.39. The van der Waals surface area contributed by atoms with Crippen molar-refractivity contribution in [1.82, 2.24) is 20.4 Å². The number of carbonyl (C=O) groups is 3. The van der Waals surface area contributed by atoms with Gasteiger partial charge >= 0.3 is 6.03 Å². The standard InChI is InChI=1S/C26H31BrN4O3/c1-2-23(32)28-22(20-6-4-3-5-7-20)12-15-30-16-13-26(14-17-30)24(33)31(25(34)29-26)18-19-8-10-21(27)11-9-19/h3-11,22H,2,12-18H2,1H3,(H,28,32)(H,29,34). The Morgan fingerprint density at radius 1 is 1.09 bits per heavy atom. The molecule has 2 heterocycles. The molecule has 0 bridgehead atoms. The molecule has 2 N–H and O–H groups in total. The first kappa shape index (κ1) is 24.4. The van der Waals surface area contributed by atoms with Crippen molar-refractivity contribution >= 4 is 33.8 Å². The molecule has 2 aromatic rings. The molecule has 7 nitrogen and oxygen atoms in total. The summed E-state index contributed by atoms with van der Waals surface area (Å²) >= 11 is 3.41. The van der Waals surface area contributed by atoms with Gasteiger partial charge in [-0.25, -0.2) is 4.79 Å². The molecule has 180 valence electrons. The number of halogens is 1. The molecule has 4 amide bonds. The maximum atomic E-state index is 13.2. The minimum atomic E-state index is -0.807. The van der Waals surface area contributed by atoms with Crippen LogP contribution in [0.2, 0.25) is 0 Å². The molecule has 0 saturated carbocycles. The normalized spacial score (nSPS) is 18.7. The Morgan fingerprint density at radius 3 is 2.41 bits per heavy atom. The lowest BCUT2D eigenvalue weighted by atomic mass is 9.87. The quantitative estimate of drug-likeness (QED) is 0.509.